The van der Waals surface area contributed by atoms with E-state index in [9.17, 15) is 23.2 Å². The molecule has 4 aromatic rings. The van der Waals surface area contributed by atoms with E-state index in [0.717, 1.165) is 34.1 Å². The Morgan fingerprint density at radius 1 is 1.17 bits per heavy atom. The van der Waals surface area contributed by atoms with Crippen LogP contribution >= 0.6 is 0 Å². The van der Waals surface area contributed by atoms with Crippen molar-refractivity contribution >= 4 is 17.3 Å². The number of amides is 1. The lowest BCUT2D eigenvalue weighted by Gasteiger charge is -2.30. The summed E-state index contributed by atoms with van der Waals surface area (Å²) < 4.78 is 43.5. The third-order valence-corrected chi connectivity index (χ3v) is 5.78. The Labute approximate surface area is 202 Å². The second-order valence-corrected chi connectivity index (χ2v) is 8.11. The molecule has 0 aliphatic carbocycles. The standard InChI is InChI=1S/C23H18F3N9O/c1-33-9-3-5-14-4-2-6-18(19(14)33)34-20(23(24,25)26)17(13-31-34)22(36)32-16-10-15(11-27)21(28-12-16)35-29-7-8-30-35/h2,4,6-8,10,12-13H,3,5,9H2,1H3,(H,32,36). The van der Waals surface area contributed by atoms with Gasteiger partial charge in [-0.1, -0.05) is 12.1 Å². The Morgan fingerprint density at radius 2 is 1.94 bits per heavy atom. The molecule has 5 rings (SSSR count). The van der Waals surface area contributed by atoms with Gasteiger partial charge in [0.2, 0.25) is 0 Å². The molecule has 1 aliphatic heterocycles. The Morgan fingerprint density at radius 3 is 2.67 bits per heavy atom. The highest BCUT2D eigenvalue weighted by Crippen LogP contribution is 2.38. The first kappa shape index (κ1) is 23.0. The first-order valence-corrected chi connectivity index (χ1v) is 10.8. The molecule has 182 valence electrons. The van der Waals surface area contributed by atoms with Crippen LogP contribution in [0, 0.1) is 11.3 Å². The topological polar surface area (TPSA) is 118 Å². The number of aromatic nitrogens is 6. The van der Waals surface area contributed by atoms with Crippen molar-refractivity contribution in [3.8, 4) is 17.6 Å². The molecule has 0 radical (unpaired) electrons. The van der Waals surface area contributed by atoms with Gasteiger partial charge in [0.15, 0.2) is 11.5 Å². The smallest absolute Gasteiger partial charge is 0.373 e. The van der Waals surface area contributed by atoms with Crippen molar-refractivity contribution in [1.82, 2.24) is 29.8 Å². The Bertz CT molecular complexity index is 1490. The van der Waals surface area contributed by atoms with Gasteiger partial charge in [-0.15, -0.1) is 4.80 Å². The van der Waals surface area contributed by atoms with Crippen LogP contribution in [0.3, 0.4) is 0 Å². The van der Waals surface area contributed by atoms with Crippen molar-refractivity contribution in [3.05, 3.63) is 71.4 Å². The van der Waals surface area contributed by atoms with Gasteiger partial charge in [-0.3, -0.25) is 4.79 Å². The van der Waals surface area contributed by atoms with E-state index in [2.05, 4.69) is 25.6 Å². The second-order valence-electron chi connectivity index (χ2n) is 8.11. The molecule has 0 atom stereocenters. The summed E-state index contributed by atoms with van der Waals surface area (Å²) in [6.45, 7) is 0.693. The quantitative estimate of drug-likeness (QED) is 0.463. The molecule has 0 saturated heterocycles. The van der Waals surface area contributed by atoms with Crippen LogP contribution in [-0.2, 0) is 12.6 Å². The van der Waals surface area contributed by atoms with E-state index in [-0.39, 0.29) is 22.8 Å². The van der Waals surface area contributed by atoms with Crippen molar-refractivity contribution in [1.29, 1.82) is 5.26 Å². The van der Waals surface area contributed by atoms with E-state index in [1.54, 1.807) is 12.1 Å². The number of hydrogen-bond acceptors (Lipinski definition) is 7. The van der Waals surface area contributed by atoms with Crippen molar-refractivity contribution in [3.63, 3.8) is 0 Å². The van der Waals surface area contributed by atoms with Crippen molar-refractivity contribution in [2.45, 2.75) is 19.0 Å². The number of hydrogen-bond donors (Lipinski definition) is 1. The number of nitrogens with one attached hydrogen (secondary N) is 1. The van der Waals surface area contributed by atoms with E-state index >= 15 is 0 Å². The minimum absolute atomic E-state index is 0.0229. The molecule has 0 spiro atoms. The first-order valence-electron chi connectivity index (χ1n) is 10.8. The van der Waals surface area contributed by atoms with Gasteiger partial charge in [0.25, 0.3) is 5.91 Å². The fourth-order valence-corrected chi connectivity index (χ4v) is 4.27. The molecule has 1 N–H and O–H groups in total. The lowest BCUT2D eigenvalue weighted by Crippen LogP contribution is -2.27. The number of nitriles is 1. The van der Waals surface area contributed by atoms with Crippen LogP contribution in [0.25, 0.3) is 11.5 Å². The summed E-state index contributed by atoms with van der Waals surface area (Å²) in [5.41, 5.74) is 0.00579. The molecule has 0 fully saturated rings. The molecule has 0 saturated carbocycles. The van der Waals surface area contributed by atoms with Gasteiger partial charge < -0.3 is 10.2 Å². The van der Waals surface area contributed by atoms with Crippen LogP contribution in [0.2, 0.25) is 0 Å². The van der Waals surface area contributed by atoms with Crippen molar-refractivity contribution in [2.75, 3.05) is 23.8 Å². The Balaban J connectivity index is 1.53. The third kappa shape index (κ3) is 4.02. The van der Waals surface area contributed by atoms with Crippen LogP contribution in [0.4, 0.5) is 24.5 Å². The van der Waals surface area contributed by atoms with Gasteiger partial charge in [-0.05, 0) is 30.5 Å². The van der Waals surface area contributed by atoms with Gasteiger partial charge in [-0.2, -0.15) is 33.7 Å². The zero-order valence-corrected chi connectivity index (χ0v) is 18.9. The fourth-order valence-electron chi connectivity index (χ4n) is 4.27. The summed E-state index contributed by atoms with van der Waals surface area (Å²) in [6.07, 6.45) is 1.65. The number of fused-ring (bicyclic) bond motifs is 1. The number of halogens is 3. The zero-order valence-electron chi connectivity index (χ0n) is 18.9. The third-order valence-electron chi connectivity index (χ3n) is 5.78. The highest BCUT2D eigenvalue weighted by atomic mass is 19.4. The number of benzene rings is 1. The first-order chi connectivity index (χ1) is 17.3. The summed E-state index contributed by atoms with van der Waals surface area (Å²) in [5.74, 6) is -0.926. The van der Waals surface area contributed by atoms with Crippen molar-refractivity contribution in [2.24, 2.45) is 0 Å². The maximum Gasteiger partial charge on any atom is 0.434 e. The van der Waals surface area contributed by atoms with E-state index < -0.39 is 23.3 Å². The summed E-state index contributed by atoms with van der Waals surface area (Å²) in [6, 6.07) is 8.31. The van der Waals surface area contributed by atoms with Gasteiger partial charge in [0.05, 0.1) is 47.4 Å². The van der Waals surface area contributed by atoms with Crippen LogP contribution in [0.5, 0.6) is 0 Å². The number of carbonyl (C=O) groups excluding carboxylic acids is 1. The maximum atomic E-state index is 14.3. The monoisotopic (exact) mass is 493 g/mol. The average molecular weight is 493 g/mol. The average Bonchev–Trinajstić information content (AvgIpc) is 3.54. The number of alkyl halides is 3. The lowest BCUT2D eigenvalue weighted by molar-refractivity contribution is -0.143. The molecule has 3 aromatic heterocycles. The fraction of sp³-hybridized carbons (Fsp3) is 0.217. The zero-order chi connectivity index (χ0) is 25.4. The van der Waals surface area contributed by atoms with Gasteiger partial charge in [-0.25, -0.2) is 9.67 Å². The predicted octanol–water partition coefficient (Wildman–Crippen LogP) is 3.37. The second kappa shape index (κ2) is 8.81. The summed E-state index contributed by atoms with van der Waals surface area (Å²) in [5, 5.41) is 23.6. The molecule has 0 bridgehead atoms. The Hall–Kier alpha value is -4.73. The minimum Gasteiger partial charge on any atom is -0.373 e. The molecule has 10 nitrogen and oxygen atoms in total. The SMILES string of the molecule is CN1CCCc2cccc(-n3ncc(C(=O)Nc4cnc(-n5nccn5)c(C#N)c4)c3C(F)(F)F)c21. The van der Waals surface area contributed by atoms with Crippen LogP contribution in [0.1, 0.15) is 33.6 Å². The van der Waals surface area contributed by atoms with Crippen LogP contribution in [-0.4, -0.2) is 49.3 Å². The molecule has 1 aromatic carbocycles. The summed E-state index contributed by atoms with van der Waals surface area (Å²) >= 11 is 0. The molecular formula is C23H18F3N9O. The number of anilines is 2. The van der Waals surface area contributed by atoms with Crippen molar-refractivity contribution < 1.29 is 18.0 Å². The van der Waals surface area contributed by atoms with Gasteiger partial charge in [0.1, 0.15) is 11.6 Å². The van der Waals surface area contributed by atoms with Gasteiger partial charge >= 0.3 is 6.18 Å². The molecular weight excluding hydrogens is 475 g/mol. The van der Waals surface area contributed by atoms with E-state index in [0.29, 0.717) is 12.2 Å². The summed E-state index contributed by atoms with van der Waals surface area (Å²) in [4.78, 5) is 20.1. The number of aryl methyl sites for hydroxylation is 1. The van der Waals surface area contributed by atoms with E-state index in [4.69, 9.17) is 0 Å². The molecule has 1 amide bonds. The van der Waals surface area contributed by atoms with Gasteiger partial charge in [0, 0.05) is 13.6 Å². The number of nitrogens with zero attached hydrogens (tertiary/aromatic N) is 8. The Kier molecular flexibility index (Phi) is 5.63. The largest absolute Gasteiger partial charge is 0.434 e. The number of para-hydroxylation sites is 1. The lowest BCUT2D eigenvalue weighted by atomic mass is 10.0. The molecule has 1 aliphatic rings. The molecule has 36 heavy (non-hydrogen) atoms. The predicted molar refractivity (Wildman–Crippen MR) is 122 cm³/mol. The molecule has 4 heterocycles. The molecule has 0 unspecified atom stereocenters. The van der Waals surface area contributed by atoms with E-state index in [1.807, 2.05) is 24.1 Å². The highest BCUT2D eigenvalue weighted by Gasteiger charge is 2.41. The summed E-state index contributed by atoms with van der Waals surface area (Å²) in [7, 11) is 1.81. The normalized spacial score (nSPS) is 13.2. The van der Waals surface area contributed by atoms with Crippen LogP contribution < -0.4 is 10.2 Å². The molecule has 13 heteroatoms. The highest BCUT2D eigenvalue weighted by molar-refractivity contribution is 6.05. The number of rotatable bonds is 4. The maximum absolute atomic E-state index is 14.3. The number of carbonyl (C=O) groups is 1. The van der Waals surface area contributed by atoms with E-state index in [1.165, 1.54) is 24.7 Å². The number of pyridine rings is 1. The minimum atomic E-state index is -4.87. The van der Waals surface area contributed by atoms with Crippen LogP contribution in [0.15, 0.2) is 49.1 Å².